The van der Waals surface area contributed by atoms with Crippen LogP contribution in [0.1, 0.15) is 11.4 Å². The number of amides is 1. The zero-order valence-corrected chi connectivity index (χ0v) is 26.3. The van der Waals surface area contributed by atoms with Crippen LogP contribution in [0.25, 0.3) is 22.4 Å². The maximum atomic E-state index is 11.6. The summed E-state index contributed by atoms with van der Waals surface area (Å²) in [6, 6.07) is 8.24. The van der Waals surface area contributed by atoms with Crippen molar-refractivity contribution >= 4 is 49.1 Å². The topological polar surface area (TPSA) is 94.6 Å². The van der Waals surface area contributed by atoms with Crippen LogP contribution in [0.3, 0.4) is 0 Å². The normalized spacial score (nSPS) is 14.1. The average molecular weight is 609 g/mol. The van der Waals surface area contributed by atoms with E-state index in [1.165, 1.54) is 4.90 Å². The van der Waals surface area contributed by atoms with Crippen LogP contribution < -0.4 is 0 Å². The summed E-state index contributed by atoms with van der Waals surface area (Å²) < 4.78 is 17.0. The standard InChI is InChI=1S/C25H38BrN5O4Si2/c1-36(2,3)11-9-34-16-30-22-15-29(25(32)33)14-20(22)27-24(30)23-19-8-7-18(26)13-21(19)31(28-23)17-35-10-12-37(4,5)6/h7-8,13H,9-12,14-17H2,1-6H3,(H,32,33). The van der Waals surface area contributed by atoms with Crippen molar-refractivity contribution in [2.75, 3.05) is 13.2 Å². The van der Waals surface area contributed by atoms with Crippen LogP contribution in [0.4, 0.5) is 4.79 Å². The molecule has 9 nitrogen and oxygen atoms in total. The van der Waals surface area contributed by atoms with Gasteiger partial charge >= 0.3 is 6.09 Å². The molecule has 37 heavy (non-hydrogen) atoms. The molecule has 2 aromatic heterocycles. The number of nitrogens with zero attached hydrogens (tertiary/aromatic N) is 5. The minimum Gasteiger partial charge on any atom is -0.465 e. The first-order valence-electron chi connectivity index (χ1n) is 12.7. The first kappa shape index (κ1) is 28.0. The molecule has 3 aromatic rings. The molecular weight excluding hydrogens is 570 g/mol. The number of carbonyl (C=O) groups is 1. The molecule has 0 aliphatic carbocycles. The van der Waals surface area contributed by atoms with Gasteiger partial charge in [0, 0.05) is 39.2 Å². The maximum absolute atomic E-state index is 11.6. The summed E-state index contributed by atoms with van der Waals surface area (Å²) >= 11 is 3.59. The van der Waals surface area contributed by atoms with Gasteiger partial charge in [0.25, 0.3) is 0 Å². The molecule has 0 saturated carbocycles. The fraction of sp³-hybridized carbons (Fsp3) is 0.560. The lowest BCUT2D eigenvalue weighted by molar-refractivity contribution is 0.0813. The van der Waals surface area contributed by atoms with Crippen LogP contribution in [-0.4, -0.2) is 64.8 Å². The van der Waals surface area contributed by atoms with Gasteiger partial charge in [0.2, 0.25) is 0 Å². The quantitative estimate of drug-likeness (QED) is 0.203. The van der Waals surface area contributed by atoms with Gasteiger partial charge in [-0.15, -0.1) is 0 Å². The van der Waals surface area contributed by atoms with Crippen molar-refractivity contribution in [3.63, 3.8) is 0 Å². The molecule has 0 unspecified atom stereocenters. The van der Waals surface area contributed by atoms with E-state index in [1.54, 1.807) is 0 Å². The van der Waals surface area contributed by atoms with E-state index in [0.717, 1.165) is 44.5 Å². The minimum absolute atomic E-state index is 0.267. The van der Waals surface area contributed by atoms with Crippen molar-refractivity contribution in [2.45, 2.75) is 77.9 Å². The lowest BCUT2D eigenvalue weighted by Gasteiger charge is -2.17. The zero-order chi connectivity index (χ0) is 27.0. The molecule has 12 heteroatoms. The lowest BCUT2D eigenvalue weighted by Crippen LogP contribution is -2.25. The Morgan fingerprint density at radius 3 is 2.30 bits per heavy atom. The molecule has 1 aliphatic rings. The van der Waals surface area contributed by atoms with Gasteiger partial charge in [-0.25, -0.2) is 14.5 Å². The number of hydrogen-bond acceptors (Lipinski definition) is 5. The minimum atomic E-state index is -1.24. The number of hydrogen-bond donors (Lipinski definition) is 1. The Labute approximate surface area is 228 Å². The molecule has 0 bridgehead atoms. The Balaban J connectivity index is 1.67. The molecule has 1 N–H and O–H groups in total. The van der Waals surface area contributed by atoms with E-state index in [-0.39, 0.29) is 6.54 Å². The zero-order valence-electron chi connectivity index (χ0n) is 22.7. The van der Waals surface area contributed by atoms with Gasteiger partial charge in [-0.1, -0.05) is 55.2 Å². The van der Waals surface area contributed by atoms with E-state index >= 15 is 0 Å². The van der Waals surface area contributed by atoms with Crippen LogP contribution >= 0.6 is 15.9 Å². The third-order valence-corrected chi connectivity index (χ3v) is 10.4. The Morgan fingerprint density at radius 1 is 1.03 bits per heavy atom. The van der Waals surface area contributed by atoms with Gasteiger partial charge in [-0.05, 0) is 30.3 Å². The van der Waals surface area contributed by atoms with Gasteiger partial charge in [-0.3, -0.25) is 4.90 Å². The average Bonchev–Trinajstić information content (AvgIpc) is 3.44. The number of benzene rings is 1. The van der Waals surface area contributed by atoms with Crippen molar-refractivity contribution in [1.82, 2.24) is 24.2 Å². The number of aromatic nitrogens is 4. The van der Waals surface area contributed by atoms with E-state index < -0.39 is 22.2 Å². The number of fused-ring (bicyclic) bond motifs is 2. The predicted molar refractivity (Wildman–Crippen MR) is 154 cm³/mol. The highest BCUT2D eigenvalue weighted by atomic mass is 79.9. The Kier molecular flexibility index (Phi) is 8.34. The van der Waals surface area contributed by atoms with Gasteiger partial charge in [0.1, 0.15) is 19.2 Å². The van der Waals surface area contributed by atoms with Crippen LogP contribution in [-0.2, 0) is 36.0 Å². The Bertz CT molecular complexity index is 1280. The van der Waals surface area contributed by atoms with Crippen LogP contribution in [0, 0.1) is 0 Å². The molecule has 202 valence electrons. The van der Waals surface area contributed by atoms with Crippen LogP contribution in [0.15, 0.2) is 22.7 Å². The molecule has 0 fully saturated rings. The summed E-state index contributed by atoms with van der Waals surface area (Å²) in [7, 11) is -2.43. The van der Waals surface area contributed by atoms with E-state index in [0.29, 0.717) is 39.0 Å². The van der Waals surface area contributed by atoms with Gasteiger partial charge in [0.05, 0.1) is 30.0 Å². The number of halogens is 1. The molecule has 1 aromatic carbocycles. The number of rotatable bonds is 11. The number of imidazole rings is 1. The maximum Gasteiger partial charge on any atom is 0.408 e. The van der Waals surface area contributed by atoms with Crippen molar-refractivity contribution in [3.05, 3.63) is 34.1 Å². The second-order valence-corrected chi connectivity index (χ2v) is 24.3. The molecule has 1 amide bonds. The molecule has 3 heterocycles. The highest BCUT2D eigenvalue weighted by molar-refractivity contribution is 9.10. The molecule has 1 aliphatic heterocycles. The van der Waals surface area contributed by atoms with E-state index in [2.05, 4.69) is 55.2 Å². The predicted octanol–water partition coefficient (Wildman–Crippen LogP) is 6.28. The molecule has 0 atom stereocenters. The summed E-state index contributed by atoms with van der Waals surface area (Å²) in [5, 5.41) is 15.5. The second kappa shape index (κ2) is 11.0. The Morgan fingerprint density at radius 2 is 1.68 bits per heavy atom. The first-order valence-corrected chi connectivity index (χ1v) is 20.9. The smallest absolute Gasteiger partial charge is 0.408 e. The summed E-state index contributed by atoms with van der Waals surface area (Å²) in [4.78, 5) is 17.9. The highest BCUT2D eigenvalue weighted by Crippen LogP contribution is 2.34. The second-order valence-electron chi connectivity index (χ2n) is 12.1. The number of carboxylic acid groups (broad SMARTS) is 1. The first-order chi connectivity index (χ1) is 17.3. The summed E-state index contributed by atoms with van der Waals surface area (Å²) in [6.07, 6.45) is -0.944. The van der Waals surface area contributed by atoms with Gasteiger partial charge < -0.3 is 19.1 Å². The molecule has 0 spiro atoms. The lowest BCUT2D eigenvalue weighted by atomic mass is 10.2. The van der Waals surface area contributed by atoms with E-state index in [9.17, 15) is 9.90 Å². The summed E-state index contributed by atoms with van der Waals surface area (Å²) in [5.74, 6) is 0.705. The third kappa shape index (κ3) is 6.91. The SMILES string of the molecule is C[Si](C)(C)CCOCn1c(-c2nn(COCC[Si](C)(C)C)c3cc(Br)ccc23)nc2c1CN(C(=O)O)C2. The van der Waals surface area contributed by atoms with Crippen molar-refractivity contribution in [2.24, 2.45) is 0 Å². The van der Waals surface area contributed by atoms with Crippen LogP contribution in [0.2, 0.25) is 51.4 Å². The van der Waals surface area contributed by atoms with Crippen molar-refractivity contribution < 1.29 is 19.4 Å². The Hall–Kier alpha value is -2.00. The largest absolute Gasteiger partial charge is 0.465 e. The summed E-state index contributed by atoms with van der Waals surface area (Å²) in [6.45, 7) is 16.6. The fourth-order valence-electron chi connectivity index (χ4n) is 4.19. The van der Waals surface area contributed by atoms with E-state index in [4.69, 9.17) is 19.6 Å². The molecule has 4 rings (SSSR count). The monoisotopic (exact) mass is 607 g/mol. The van der Waals surface area contributed by atoms with E-state index in [1.807, 2.05) is 27.4 Å². The van der Waals surface area contributed by atoms with Crippen molar-refractivity contribution in [3.8, 4) is 11.5 Å². The van der Waals surface area contributed by atoms with Crippen LogP contribution in [0.5, 0.6) is 0 Å². The highest BCUT2D eigenvalue weighted by Gasteiger charge is 2.31. The fourth-order valence-corrected chi connectivity index (χ4v) is 6.05. The van der Waals surface area contributed by atoms with Crippen molar-refractivity contribution in [1.29, 1.82) is 0 Å². The summed E-state index contributed by atoms with van der Waals surface area (Å²) in [5.41, 5.74) is 3.34. The molecular formula is C25H38BrN5O4Si2. The molecule has 0 radical (unpaired) electrons. The molecule has 0 saturated heterocycles. The number of ether oxygens (including phenoxy) is 2. The third-order valence-electron chi connectivity index (χ3n) is 6.46. The van der Waals surface area contributed by atoms with Gasteiger partial charge in [-0.2, -0.15) is 5.10 Å². The van der Waals surface area contributed by atoms with Gasteiger partial charge in [0.15, 0.2) is 5.82 Å².